The van der Waals surface area contributed by atoms with Gasteiger partial charge in [-0.25, -0.2) is 4.98 Å². The average Bonchev–Trinajstić information content (AvgIpc) is 3.09. The van der Waals surface area contributed by atoms with Crippen molar-refractivity contribution < 1.29 is 9.59 Å². The largest absolute Gasteiger partial charge is 0.342 e. The summed E-state index contributed by atoms with van der Waals surface area (Å²) in [5.74, 6) is 2.44. The van der Waals surface area contributed by atoms with E-state index in [-0.39, 0.29) is 18.4 Å². The summed E-state index contributed by atoms with van der Waals surface area (Å²) < 4.78 is 2.00. The van der Waals surface area contributed by atoms with E-state index < -0.39 is 0 Å². The van der Waals surface area contributed by atoms with E-state index in [2.05, 4.69) is 20.8 Å². The molecule has 3 heterocycles. The first-order valence-electron chi connectivity index (χ1n) is 11.5. The van der Waals surface area contributed by atoms with Gasteiger partial charge in [0.25, 0.3) is 0 Å². The number of fused-ring (bicyclic) bond motifs is 1. The van der Waals surface area contributed by atoms with Gasteiger partial charge in [-0.3, -0.25) is 9.59 Å². The van der Waals surface area contributed by atoms with E-state index in [0.29, 0.717) is 23.5 Å². The number of hydrogen-bond donors (Lipinski definition) is 0. The van der Waals surface area contributed by atoms with Crippen LogP contribution in [0.25, 0.3) is 11.0 Å². The van der Waals surface area contributed by atoms with Crippen LogP contribution in [0.2, 0.25) is 0 Å². The molecular formula is C24H34N4O2S. The van der Waals surface area contributed by atoms with Crippen LogP contribution in [0.3, 0.4) is 0 Å². The molecule has 2 aliphatic rings. The minimum absolute atomic E-state index is 0.139. The van der Waals surface area contributed by atoms with Gasteiger partial charge in [-0.2, -0.15) is 0 Å². The number of nitrogens with zero attached hydrogens (tertiary/aromatic N) is 4. The Hall–Kier alpha value is -2.02. The topological polar surface area (TPSA) is 58.4 Å². The number of rotatable bonds is 5. The quantitative estimate of drug-likeness (QED) is 0.659. The smallest absolute Gasteiger partial charge is 0.242 e. The Labute approximate surface area is 189 Å². The van der Waals surface area contributed by atoms with Crippen LogP contribution in [0, 0.1) is 17.8 Å². The maximum atomic E-state index is 13.2. The number of likely N-dealkylation sites (tertiary alicyclic amines) is 2. The van der Waals surface area contributed by atoms with Crippen molar-refractivity contribution >= 4 is 34.6 Å². The molecule has 2 amide bonds. The van der Waals surface area contributed by atoms with E-state index >= 15 is 0 Å². The molecule has 4 rings (SSSR count). The van der Waals surface area contributed by atoms with Crippen LogP contribution in [-0.2, 0) is 16.1 Å². The summed E-state index contributed by atoms with van der Waals surface area (Å²) >= 11 is 1.45. The van der Waals surface area contributed by atoms with Crippen molar-refractivity contribution in [2.75, 3.05) is 31.9 Å². The fraction of sp³-hybridized carbons (Fsp3) is 0.625. The van der Waals surface area contributed by atoms with Crippen LogP contribution in [0.15, 0.2) is 29.4 Å². The number of imidazole rings is 1. The van der Waals surface area contributed by atoms with Crippen molar-refractivity contribution in [2.45, 2.75) is 51.7 Å². The zero-order valence-electron chi connectivity index (χ0n) is 18.9. The standard InChI is InChI=1S/C24H34N4O2S/c1-17-8-10-26(11-9-17)23(30)16-31-24-25-20-6-4-5-7-21(20)28(24)15-22(29)27-13-18(2)12-19(3)14-27/h4-7,17-19H,8-16H2,1-3H3/t18-,19-/m1/s1. The summed E-state index contributed by atoms with van der Waals surface area (Å²) in [4.78, 5) is 34.6. The lowest BCUT2D eigenvalue weighted by atomic mass is 9.92. The molecule has 0 bridgehead atoms. The molecule has 0 unspecified atom stereocenters. The zero-order valence-corrected chi connectivity index (χ0v) is 19.7. The molecule has 0 spiro atoms. The van der Waals surface area contributed by atoms with E-state index in [1.54, 1.807) is 0 Å². The van der Waals surface area contributed by atoms with Gasteiger partial charge in [0.15, 0.2) is 5.16 Å². The molecular weight excluding hydrogens is 408 g/mol. The number of piperidine rings is 2. The predicted molar refractivity (Wildman–Crippen MR) is 125 cm³/mol. The monoisotopic (exact) mass is 442 g/mol. The fourth-order valence-corrected chi connectivity index (χ4v) is 5.81. The van der Waals surface area contributed by atoms with Crippen molar-refractivity contribution in [3.05, 3.63) is 24.3 Å². The summed E-state index contributed by atoms with van der Waals surface area (Å²) in [6, 6.07) is 7.92. The van der Waals surface area contributed by atoms with E-state index in [9.17, 15) is 9.59 Å². The molecule has 2 fully saturated rings. The second kappa shape index (κ2) is 9.63. The Morgan fingerprint density at radius 2 is 1.65 bits per heavy atom. The first-order chi connectivity index (χ1) is 14.9. The maximum Gasteiger partial charge on any atom is 0.242 e. The van der Waals surface area contributed by atoms with Gasteiger partial charge in [-0.05, 0) is 49.1 Å². The van der Waals surface area contributed by atoms with Crippen molar-refractivity contribution in [3.63, 3.8) is 0 Å². The molecule has 2 aliphatic heterocycles. The SMILES string of the molecule is CC1CCN(C(=O)CSc2nc3ccccc3n2CC(=O)N2C[C@H](C)C[C@@H](C)C2)CC1. The average molecular weight is 443 g/mol. The van der Waals surface area contributed by atoms with Crippen LogP contribution in [0.5, 0.6) is 0 Å². The molecule has 1 aromatic heterocycles. The van der Waals surface area contributed by atoms with Gasteiger partial charge < -0.3 is 14.4 Å². The predicted octanol–water partition coefficient (Wildman–Crippen LogP) is 3.89. The number of benzene rings is 1. The molecule has 6 nitrogen and oxygen atoms in total. The summed E-state index contributed by atoms with van der Waals surface area (Å²) in [6.07, 6.45) is 3.34. The van der Waals surface area contributed by atoms with Crippen molar-refractivity contribution in [2.24, 2.45) is 17.8 Å². The highest BCUT2D eigenvalue weighted by Gasteiger charge is 2.27. The van der Waals surface area contributed by atoms with E-state index in [1.165, 1.54) is 18.2 Å². The Balaban J connectivity index is 1.48. The maximum absolute atomic E-state index is 13.2. The van der Waals surface area contributed by atoms with Gasteiger partial charge in [0, 0.05) is 26.2 Å². The van der Waals surface area contributed by atoms with Crippen molar-refractivity contribution in [1.29, 1.82) is 0 Å². The molecule has 2 saturated heterocycles. The van der Waals surface area contributed by atoms with Crippen molar-refractivity contribution in [3.8, 4) is 0 Å². The third-order valence-corrected chi connectivity index (χ3v) is 7.56. The van der Waals surface area contributed by atoms with Gasteiger partial charge in [0.05, 0.1) is 16.8 Å². The summed E-state index contributed by atoms with van der Waals surface area (Å²) in [5.41, 5.74) is 1.83. The number of thioether (sulfide) groups is 1. The molecule has 0 aliphatic carbocycles. The van der Waals surface area contributed by atoms with Gasteiger partial charge >= 0.3 is 0 Å². The Bertz CT molecular complexity index is 925. The van der Waals surface area contributed by atoms with Crippen molar-refractivity contribution in [1.82, 2.24) is 19.4 Å². The first kappa shape index (κ1) is 22.2. The molecule has 168 valence electrons. The third kappa shape index (κ3) is 5.25. The Morgan fingerprint density at radius 1 is 0.968 bits per heavy atom. The summed E-state index contributed by atoms with van der Waals surface area (Å²) in [6.45, 7) is 10.3. The van der Waals surface area contributed by atoms with Crippen LogP contribution >= 0.6 is 11.8 Å². The number of aromatic nitrogens is 2. The minimum Gasteiger partial charge on any atom is -0.342 e. The number of carbonyl (C=O) groups excluding carboxylic acids is 2. The molecule has 0 N–H and O–H groups in total. The zero-order chi connectivity index (χ0) is 22.0. The van der Waals surface area contributed by atoms with E-state index in [1.807, 2.05) is 38.6 Å². The second-order valence-electron chi connectivity index (χ2n) is 9.57. The van der Waals surface area contributed by atoms with Crippen LogP contribution in [0.1, 0.15) is 40.0 Å². The molecule has 2 atom stereocenters. The highest BCUT2D eigenvalue weighted by atomic mass is 32.2. The lowest BCUT2D eigenvalue weighted by Gasteiger charge is -2.35. The lowest BCUT2D eigenvalue weighted by molar-refractivity contribution is -0.134. The Morgan fingerprint density at radius 3 is 2.35 bits per heavy atom. The third-order valence-electron chi connectivity index (χ3n) is 6.60. The first-order valence-corrected chi connectivity index (χ1v) is 12.5. The highest BCUT2D eigenvalue weighted by molar-refractivity contribution is 7.99. The molecule has 2 aromatic rings. The lowest BCUT2D eigenvalue weighted by Crippen LogP contribution is -2.44. The Kier molecular flexibility index (Phi) is 6.89. The fourth-order valence-electron chi connectivity index (χ4n) is 4.89. The van der Waals surface area contributed by atoms with E-state index in [0.717, 1.165) is 55.2 Å². The molecule has 7 heteroatoms. The van der Waals surface area contributed by atoms with Crippen LogP contribution in [0.4, 0.5) is 0 Å². The summed E-state index contributed by atoms with van der Waals surface area (Å²) in [7, 11) is 0. The minimum atomic E-state index is 0.139. The number of hydrogen-bond acceptors (Lipinski definition) is 4. The molecule has 0 saturated carbocycles. The van der Waals surface area contributed by atoms with Gasteiger partial charge in [-0.15, -0.1) is 0 Å². The summed E-state index contributed by atoms with van der Waals surface area (Å²) in [5, 5.41) is 0.756. The van der Waals surface area contributed by atoms with Gasteiger partial charge in [0.1, 0.15) is 6.54 Å². The van der Waals surface area contributed by atoms with Gasteiger partial charge in [0.2, 0.25) is 11.8 Å². The van der Waals surface area contributed by atoms with Crippen LogP contribution in [-0.4, -0.2) is 63.1 Å². The number of carbonyl (C=O) groups is 2. The van der Waals surface area contributed by atoms with Crippen LogP contribution < -0.4 is 0 Å². The molecule has 0 radical (unpaired) electrons. The van der Waals surface area contributed by atoms with Gasteiger partial charge in [-0.1, -0.05) is 44.7 Å². The number of para-hydroxylation sites is 2. The normalized spacial score (nSPS) is 22.8. The highest BCUT2D eigenvalue weighted by Crippen LogP contribution is 2.27. The van der Waals surface area contributed by atoms with E-state index in [4.69, 9.17) is 4.98 Å². The molecule has 31 heavy (non-hydrogen) atoms. The molecule has 1 aromatic carbocycles. The second-order valence-corrected chi connectivity index (χ2v) is 10.5. The number of amides is 2.